The Morgan fingerprint density at radius 1 is 1.43 bits per heavy atom. The quantitative estimate of drug-likeness (QED) is 0.847. The molecule has 0 heterocycles. The van der Waals surface area contributed by atoms with Crippen LogP contribution in [-0.4, -0.2) is 18.6 Å². The van der Waals surface area contributed by atoms with Crippen molar-refractivity contribution in [2.45, 2.75) is 39.2 Å². The Morgan fingerprint density at radius 2 is 2.19 bits per heavy atom. The molecule has 3 nitrogen and oxygen atoms in total. The zero-order chi connectivity index (χ0) is 15.4. The highest BCUT2D eigenvalue weighted by molar-refractivity contribution is 9.10. The van der Waals surface area contributed by atoms with E-state index < -0.39 is 0 Å². The van der Waals surface area contributed by atoms with E-state index in [1.54, 1.807) is 12.1 Å². The van der Waals surface area contributed by atoms with Gasteiger partial charge in [0.05, 0.1) is 5.02 Å². The first-order chi connectivity index (χ1) is 9.97. The molecule has 0 aromatic heterocycles. The predicted octanol–water partition coefficient (Wildman–Crippen LogP) is 4.42. The number of carbonyl (C=O) groups excluding carboxylic acids is 1. The van der Waals surface area contributed by atoms with Crippen molar-refractivity contribution in [1.82, 2.24) is 5.32 Å². The normalized spacial score (nSPS) is 25.4. The lowest BCUT2D eigenvalue weighted by atomic mass is 9.78. The van der Waals surface area contributed by atoms with E-state index in [2.05, 4.69) is 35.1 Å². The molecule has 21 heavy (non-hydrogen) atoms. The van der Waals surface area contributed by atoms with Crippen LogP contribution in [0.1, 0.15) is 33.1 Å². The van der Waals surface area contributed by atoms with Crippen molar-refractivity contribution in [3.8, 4) is 5.75 Å². The van der Waals surface area contributed by atoms with E-state index in [0.29, 0.717) is 22.6 Å². The number of nitrogens with one attached hydrogen (secondary N) is 1. The molecule has 0 bridgehead atoms. The average Bonchev–Trinajstić information content (AvgIpc) is 2.43. The summed E-state index contributed by atoms with van der Waals surface area (Å²) >= 11 is 9.40. The van der Waals surface area contributed by atoms with Gasteiger partial charge in [-0.2, -0.15) is 0 Å². The molecule has 1 amide bonds. The average molecular weight is 375 g/mol. The molecular formula is C16H21BrClNO2. The minimum absolute atomic E-state index is 0.00104. The van der Waals surface area contributed by atoms with E-state index in [0.717, 1.165) is 10.9 Å². The van der Waals surface area contributed by atoms with E-state index in [1.807, 2.05) is 6.07 Å². The van der Waals surface area contributed by atoms with Gasteiger partial charge in [0, 0.05) is 10.5 Å². The third kappa shape index (κ3) is 4.62. The molecule has 1 fully saturated rings. The molecule has 1 aliphatic rings. The first kappa shape index (κ1) is 16.6. The number of hydrogen-bond donors (Lipinski definition) is 1. The minimum Gasteiger partial charge on any atom is -0.482 e. The standard InChI is InChI=1S/C16H21BrClNO2/c1-10-4-3-5-14(11(10)2)19-16(20)9-21-15-7-6-12(17)8-13(15)18/h6-8,10-11,14H,3-5,9H2,1-2H3,(H,19,20)/t10-,11-,14+/m1/s1. The van der Waals surface area contributed by atoms with Crippen molar-refractivity contribution in [3.63, 3.8) is 0 Å². The van der Waals surface area contributed by atoms with Crippen molar-refractivity contribution in [2.24, 2.45) is 11.8 Å². The minimum atomic E-state index is -0.0834. The summed E-state index contributed by atoms with van der Waals surface area (Å²) in [5, 5.41) is 3.58. The highest BCUT2D eigenvalue weighted by atomic mass is 79.9. The molecule has 0 saturated heterocycles. The van der Waals surface area contributed by atoms with Gasteiger partial charge in [-0.25, -0.2) is 0 Å². The van der Waals surface area contributed by atoms with Crippen LogP contribution in [0.3, 0.4) is 0 Å². The van der Waals surface area contributed by atoms with Crippen LogP contribution in [0.5, 0.6) is 5.75 Å². The van der Waals surface area contributed by atoms with Crippen LogP contribution in [0.4, 0.5) is 0 Å². The van der Waals surface area contributed by atoms with Crippen LogP contribution in [-0.2, 0) is 4.79 Å². The molecule has 1 N–H and O–H groups in total. The molecule has 0 spiro atoms. The number of carbonyl (C=O) groups is 1. The lowest BCUT2D eigenvalue weighted by molar-refractivity contribution is -0.124. The highest BCUT2D eigenvalue weighted by Crippen LogP contribution is 2.30. The van der Waals surface area contributed by atoms with Gasteiger partial charge in [0.1, 0.15) is 5.75 Å². The second-order valence-corrected chi connectivity index (χ2v) is 7.13. The Morgan fingerprint density at radius 3 is 2.90 bits per heavy atom. The van der Waals surface area contributed by atoms with Crippen molar-refractivity contribution in [1.29, 1.82) is 0 Å². The predicted molar refractivity (Wildman–Crippen MR) is 88.8 cm³/mol. The molecule has 116 valence electrons. The Kier molecular flexibility index (Phi) is 5.94. The van der Waals surface area contributed by atoms with Crippen LogP contribution in [0.15, 0.2) is 22.7 Å². The van der Waals surface area contributed by atoms with Gasteiger partial charge < -0.3 is 10.1 Å². The molecule has 0 aliphatic heterocycles. The van der Waals surface area contributed by atoms with Crippen molar-refractivity contribution in [3.05, 3.63) is 27.7 Å². The summed E-state index contributed by atoms with van der Waals surface area (Å²) in [5.41, 5.74) is 0. The van der Waals surface area contributed by atoms with E-state index in [4.69, 9.17) is 16.3 Å². The van der Waals surface area contributed by atoms with Crippen molar-refractivity contribution < 1.29 is 9.53 Å². The SMILES string of the molecule is C[C@@H]1[C@H](C)CCC[C@@H]1NC(=O)COc1ccc(Br)cc1Cl. The summed E-state index contributed by atoms with van der Waals surface area (Å²) in [4.78, 5) is 12.0. The Hall–Kier alpha value is -0.740. The first-order valence-electron chi connectivity index (χ1n) is 7.34. The molecule has 0 unspecified atom stereocenters. The zero-order valence-electron chi connectivity index (χ0n) is 12.4. The summed E-state index contributed by atoms with van der Waals surface area (Å²) in [5.74, 6) is 1.62. The third-order valence-corrected chi connectivity index (χ3v) is 5.09. The lowest BCUT2D eigenvalue weighted by Crippen LogP contribution is -2.45. The monoisotopic (exact) mass is 373 g/mol. The van der Waals surface area contributed by atoms with Gasteiger partial charge in [-0.15, -0.1) is 0 Å². The summed E-state index contributed by atoms with van der Waals surface area (Å²) in [7, 11) is 0. The van der Waals surface area contributed by atoms with Crippen LogP contribution >= 0.6 is 27.5 Å². The summed E-state index contributed by atoms with van der Waals surface area (Å²) in [6.45, 7) is 4.46. The van der Waals surface area contributed by atoms with Crippen LogP contribution in [0.25, 0.3) is 0 Å². The second-order valence-electron chi connectivity index (χ2n) is 5.80. The number of halogens is 2. The Labute approximate surface area is 139 Å². The van der Waals surface area contributed by atoms with Crippen LogP contribution < -0.4 is 10.1 Å². The van der Waals surface area contributed by atoms with Gasteiger partial charge in [-0.05, 0) is 36.5 Å². The molecule has 2 rings (SSSR count). The Balaban J connectivity index is 1.84. The maximum Gasteiger partial charge on any atom is 0.258 e. The smallest absolute Gasteiger partial charge is 0.258 e. The fourth-order valence-corrected chi connectivity index (χ4v) is 3.50. The van der Waals surface area contributed by atoms with Crippen LogP contribution in [0.2, 0.25) is 5.02 Å². The third-order valence-electron chi connectivity index (χ3n) is 4.31. The van der Waals surface area contributed by atoms with Gasteiger partial charge in [0.25, 0.3) is 5.91 Å². The van der Waals surface area contributed by atoms with Crippen LogP contribution in [0, 0.1) is 11.8 Å². The molecule has 1 aromatic rings. The van der Waals surface area contributed by atoms with E-state index in [9.17, 15) is 4.79 Å². The summed E-state index contributed by atoms with van der Waals surface area (Å²) in [6, 6.07) is 5.60. The number of amides is 1. The lowest BCUT2D eigenvalue weighted by Gasteiger charge is -2.34. The van der Waals surface area contributed by atoms with Gasteiger partial charge in [0.2, 0.25) is 0 Å². The molecule has 1 aromatic carbocycles. The fourth-order valence-electron chi connectivity index (χ4n) is 2.77. The topological polar surface area (TPSA) is 38.3 Å². The van der Waals surface area contributed by atoms with Crippen molar-refractivity contribution in [2.75, 3.05) is 6.61 Å². The van der Waals surface area contributed by atoms with E-state index in [1.165, 1.54) is 12.8 Å². The van der Waals surface area contributed by atoms with Gasteiger partial charge in [0.15, 0.2) is 6.61 Å². The first-order valence-corrected chi connectivity index (χ1v) is 8.51. The maximum absolute atomic E-state index is 12.0. The zero-order valence-corrected chi connectivity index (χ0v) is 14.7. The number of rotatable bonds is 4. The summed E-state index contributed by atoms with van der Waals surface area (Å²) < 4.78 is 6.38. The molecule has 1 saturated carbocycles. The van der Waals surface area contributed by atoms with Gasteiger partial charge in [-0.1, -0.05) is 54.2 Å². The maximum atomic E-state index is 12.0. The molecule has 5 heteroatoms. The van der Waals surface area contributed by atoms with Gasteiger partial charge in [-0.3, -0.25) is 4.79 Å². The molecule has 1 aliphatic carbocycles. The van der Waals surface area contributed by atoms with E-state index in [-0.39, 0.29) is 18.6 Å². The number of ether oxygens (including phenoxy) is 1. The second kappa shape index (κ2) is 7.50. The fraction of sp³-hybridized carbons (Fsp3) is 0.562. The molecule has 0 radical (unpaired) electrons. The molecular weight excluding hydrogens is 354 g/mol. The molecule has 3 atom stereocenters. The largest absolute Gasteiger partial charge is 0.482 e. The number of hydrogen-bond acceptors (Lipinski definition) is 2. The van der Waals surface area contributed by atoms with E-state index >= 15 is 0 Å². The highest BCUT2D eigenvalue weighted by Gasteiger charge is 2.28. The van der Waals surface area contributed by atoms with Gasteiger partial charge >= 0.3 is 0 Å². The Bertz CT molecular complexity index is 509. The summed E-state index contributed by atoms with van der Waals surface area (Å²) in [6.07, 6.45) is 3.48. The number of benzene rings is 1. The van der Waals surface area contributed by atoms with Crippen molar-refractivity contribution >= 4 is 33.4 Å².